The molecule has 0 saturated carbocycles. The topological polar surface area (TPSA) is 69.7 Å². The van der Waals surface area contributed by atoms with Crippen LogP contribution in [-0.4, -0.2) is 52.7 Å². The van der Waals surface area contributed by atoms with E-state index in [1.807, 2.05) is 27.3 Å². The van der Waals surface area contributed by atoms with Crippen LogP contribution in [0.4, 0.5) is 0 Å². The summed E-state index contributed by atoms with van der Waals surface area (Å²) in [5.41, 5.74) is 0. The van der Waals surface area contributed by atoms with Crippen LogP contribution >= 0.6 is 11.3 Å². The first-order valence-electron chi connectivity index (χ1n) is 11.2. The van der Waals surface area contributed by atoms with E-state index in [1.54, 1.807) is 11.3 Å². The van der Waals surface area contributed by atoms with Gasteiger partial charge in [-0.15, -0.1) is 11.3 Å². The average molecular weight is 428 g/mol. The first kappa shape index (κ1) is 19.8. The predicted octanol–water partition coefficient (Wildman–Crippen LogP) is 2.56. The zero-order valence-electron chi connectivity index (χ0n) is 17.2. The van der Waals surface area contributed by atoms with Crippen molar-refractivity contribution in [3.8, 4) is 0 Å². The first-order chi connectivity index (χ1) is 14.6. The Kier molecular flexibility index (Phi) is 5.39. The molecule has 2 bridgehead atoms. The van der Waals surface area contributed by atoms with Crippen LogP contribution in [0.1, 0.15) is 43.4 Å². The molecular formula is C23H29N3O3S. The minimum atomic E-state index is -0.462. The van der Waals surface area contributed by atoms with E-state index in [9.17, 15) is 14.4 Å². The second-order valence-electron chi connectivity index (χ2n) is 9.14. The van der Waals surface area contributed by atoms with Crippen molar-refractivity contribution in [2.75, 3.05) is 13.1 Å². The van der Waals surface area contributed by atoms with Crippen LogP contribution in [-0.2, 0) is 20.9 Å². The minimum absolute atomic E-state index is 0.0173. The maximum Gasteiger partial charge on any atom is 0.243 e. The third kappa shape index (κ3) is 3.57. The van der Waals surface area contributed by atoms with Crippen molar-refractivity contribution in [1.29, 1.82) is 0 Å². The SMILES string of the molecule is O=C(NCc1cccs1)[C@H]1[C@@H]2C[C@@H](CN(C(=O)C3CC=CC3)C2)[C@@H]2CCCC(=O)N21. The molecule has 0 aromatic carbocycles. The van der Waals surface area contributed by atoms with E-state index >= 15 is 0 Å². The standard InChI is InChI=1S/C23H29N3O3S/c27-20-9-3-8-19-16-11-17(14-25(13-16)23(29)15-5-1-2-6-15)21(26(19)20)22(28)24-12-18-7-4-10-30-18/h1-2,4,7,10,15-17,19,21H,3,5-6,8-9,11-14H2,(H,24,28)/t16-,17+,19-,21+/m0/s1. The molecular weight excluding hydrogens is 398 g/mol. The molecule has 4 heterocycles. The highest BCUT2D eigenvalue weighted by Gasteiger charge is 2.52. The average Bonchev–Trinajstić information content (AvgIpc) is 3.46. The molecule has 3 fully saturated rings. The molecule has 0 radical (unpaired) electrons. The molecule has 3 amide bonds. The number of nitrogens with one attached hydrogen (secondary N) is 1. The van der Waals surface area contributed by atoms with Gasteiger partial charge in [-0.1, -0.05) is 18.2 Å². The smallest absolute Gasteiger partial charge is 0.243 e. The molecule has 5 rings (SSSR count). The van der Waals surface area contributed by atoms with Crippen molar-refractivity contribution in [1.82, 2.24) is 15.1 Å². The number of carbonyl (C=O) groups excluding carboxylic acids is 3. The highest BCUT2D eigenvalue weighted by molar-refractivity contribution is 7.09. The van der Waals surface area contributed by atoms with Gasteiger partial charge in [0.15, 0.2) is 0 Å². The van der Waals surface area contributed by atoms with Crippen molar-refractivity contribution in [3.63, 3.8) is 0 Å². The molecule has 6 nitrogen and oxygen atoms in total. The molecule has 4 aliphatic rings. The first-order valence-corrected chi connectivity index (χ1v) is 12.0. The third-order valence-corrected chi connectivity index (χ3v) is 8.17. The Morgan fingerprint density at radius 2 is 1.97 bits per heavy atom. The van der Waals surface area contributed by atoms with E-state index in [2.05, 4.69) is 17.5 Å². The lowest BCUT2D eigenvalue weighted by atomic mass is 9.71. The van der Waals surface area contributed by atoms with Gasteiger partial charge in [-0.25, -0.2) is 0 Å². The van der Waals surface area contributed by atoms with E-state index in [-0.39, 0.29) is 41.5 Å². The number of rotatable bonds is 4. The minimum Gasteiger partial charge on any atom is -0.349 e. The van der Waals surface area contributed by atoms with Crippen LogP contribution in [0.15, 0.2) is 29.7 Å². The fourth-order valence-corrected chi connectivity index (χ4v) is 6.59. The number of likely N-dealkylation sites (tertiary alicyclic amines) is 1. The van der Waals surface area contributed by atoms with Crippen LogP contribution in [0, 0.1) is 17.8 Å². The number of piperidine rings is 3. The van der Waals surface area contributed by atoms with E-state index < -0.39 is 6.04 Å². The summed E-state index contributed by atoms with van der Waals surface area (Å²) in [6.45, 7) is 1.80. The molecule has 1 aliphatic carbocycles. The Balaban J connectivity index is 1.37. The Labute approximate surface area is 181 Å². The van der Waals surface area contributed by atoms with Crippen LogP contribution in [0.3, 0.4) is 0 Å². The monoisotopic (exact) mass is 427 g/mol. The Hall–Kier alpha value is -2.15. The summed E-state index contributed by atoms with van der Waals surface area (Å²) in [4.78, 5) is 44.3. The van der Waals surface area contributed by atoms with Crippen molar-refractivity contribution >= 4 is 29.1 Å². The largest absolute Gasteiger partial charge is 0.349 e. The maximum atomic E-state index is 13.3. The summed E-state index contributed by atoms with van der Waals surface area (Å²) in [5, 5.41) is 5.07. The lowest BCUT2D eigenvalue weighted by Gasteiger charge is -2.56. The Morgan fingerprint density at radius 1 is 1.17 bits per heavy atom. The van der Waals surface area contributed by atoms with E-state index in [0.717, 1.165) is 43.5 Å². The Morgan fingerprint density at radius 3 is 2.73 bits per heavy atom. The fourth-order valence-electron chi connectivity index (χ4n) is 5.94. The van der Waals surface area contributed by atoms with Gasteiger partial charge < -0.3 is 15.1 Å². The highest BCUT2D eigenvalue weighted by Crippen LogP contribution is 2.42. The van der Waals surface area contributed by atoms with Gasteiger partial charge in [-0.2, -0.15) is 0 Å². The summed E-state index contributed by atoms with van der Waals surface area (Å²) >= 11 is 1.62. The van der Waals surface area contributed by atoms with Crippen LogP contribution in [0.25, 0.3) is 0 Å². The summed E-state index contributed by atoms with van der Waals surface area (Å²) in [6.07, 6.45) is 9.10. The number of amides is 3. The van der Waals surface area contributed by atoms with Gasteiger partial charge in [0.2, 0.25) is 17.7 Å². The zero-order valence-corrected chi connectivity index (χ0v) is 18.0. The lowest BCUT2D eigenvalue weighted by molar-refractivity contribution is -0.164. The number of thiophene rings is 1. The fraction of sp³-hybridized carbons (Fsp3) is 0.609. The molecule has 0 unspecified atom stereocenters. The van der Waals surface area contributed by atoms with Gasteiger partial charge in [0.1, 0.15) is 6.04 Å². The molecule has 160 valence electrons. The molecule has 1 aromatic rings. The number of hydrogen-bond acceptors (Lipinski definition) is 4. The van der Waals surface area contributed by atoms with Crippen molar-refractivity contribution < 1.29 is 14.4 Å². The molecule has 1 N–H and O–H groups in total. The number of fused-ring (bicyclic) bond motifs is 4. The van der Waals surface area contributed by atoms with Gasteiger partial charge in [0.05, 0.1) is 6.54 Å². The molecule has 0 spiro atoms. The molecule has 7 heteroatoms. The third-order valence-electron chi connectivity index (χ3n) is 7.30. The molecule has 1 aromatic heterocycles. The number of nitrogens with zero attached hydrogens (tertiary/aromatic N) is 2. The van der Waals surface area contributed by atoms with E-state index in [4.69, 9.17) is 0 Å². The zero-order chi connectivity index (χ0) is 20.7. The van der Waals surface area contributed by atoms with Crippen LogP contribution in [0.5, 0.6) is 0 Å². The summed E-state index contributed by atoms with van der Waals surface area (Å²) < 4.78 is 0. The van der Waals surface area contributed by atoms with Gasteiger partial charge in [0, 0.05) is 42.3 Å². The van der Waals surface area contributed by atoms with Gasteiger partial charge in [-0.3, -0.25) is 14.4 Å². The van der Waals surface area contributed by atoms with E-state index in [0.29, 0.717) is 19.5 Å². The van der Waals surface area contributed by atoms with Gasteiger partial charge >= 0.3 is 0 Å². The summed E-state index contributed by atoms with van der Waals surface area (Å²) in [7, 11) is 0. The number of carbonyl (C=O) groups is 3. The number of hydrogen-bond donors (Lipinski definition) is 1. The molecule has 30 heavy (non-hydrogen) atoms. The van der Waals surface area contributed by atoms with Crippen LogP contribution < -0.4 is 5.32 Å². The van der Waals surface area contributed by atoms with Gasteiger partial charge in [-0.05, 0) is 49.5 Å². The van der Waals surface area contributed by atoms with Crippen molar-refractivity contribution in [3.05, 3.63) is 34.5 Å². The van der Waals surface area contributed by atoms with Gasteiger partial charge in [0.25, 0.3) is 0 Å². The van der Waals surface area contributed by atoms with Crippen molar-refractivity contribution in [2.45, 2.75) is 57.2 Å². The van der Waals surface area contributed by atoms with Crippen LogP contribution in [0.2, 0.25) is 0 Å². The predicted molar refractivity (Wildman–Crippen MR) is 114 cm³/mol. The molecule has 4 atom stereocenters. The summed E-state index contributed by atoms with van der Waals surface area (Å²) in [5.74, 6) is 0.624. The quantitative estimate of drug-likeness (QED) is 0.751. The molecule has 3 aliphatic heterocycles. The normalized spacial score (nSPS) is 31.0. The second kappa shape index (κ2) is 8.17. The maximum absolute atomic E-state index is 13.3. The summed E-state index contributed by atoms with van der Waals surface area (Å²) in [6, 6.07) is 3.60. The highest BCUT2D eigenvalue weighted by atomic mass is 32.1. The second-order valence-corrected chi connectivity index (χ2v) is 10.2. The number of allylic oxidation sites excluding steroid dienone is 2. The Bertz CT molecular complexity index is 844. The van der Waals surface area contributed by atoms with Crippen molar-refractivity contribution in [2.24, 2.45) is 17.8 Å². The van der Waals surface area contributed by atoms with E-state index in [1.165, 1.54) is 0 Å². The lowest BCUT2D eigenvalue weighted by Crippen LogP contribution is -2.68. The molecule has 3 saturated heterocycles.